The average Bonchev–Trinajstić information content (AvgIpc) is 3.27. The van der Waals surface area contributed by atoms with Crippen LogP contribution in [0.15, 0.2) is 28.7 Å². The van der Waals surface area contributed by atoms with Crippen molar-refractivity contribution in [3.05, 3.63) is 34.3 Å². The second-order valence-electron chi connectivity index (χ2n) is 4.93. The van der Waals surface area contributed by atoms with Crippen LogP contribution in [0, 0.1) is 0 Å². The lowest BCUT2D eigenvalue weighted by Crippen LogP contribution is -2.30. The first-order chi connectivity index (χ1) is 10.0. The van der Waals surface area contributed by atoms with Crippen molar-refractivity contribution < 1.29 is 19.1 Å². The van der Waals surface area contributed by atoms with E-state index in [4.69, 9.17) is 4.74 Å². The van der Waals surface area contributed by atoms with Crippen LogP contribution in [-0.2, 0) is 14.3 Å². The summed E-state index contributed by atoms with van der Waals surface area (Å²) >= 11 is 3.29. The minimum absolute atomic E-state index is 0.0222. The topological polar surface area (TPSA) is 72.5 Å². The van der Waals surface area contributed by atoms with Gasteiger partial charge < -0.3 is 10.1 Å². The Bertz CT molecular complexity index is 537. The van der Waals surface area contributed by atoms with Crippen LogP contribution in [0.1, 0.15) is 36.0 Å². The van der Waals surface area contributed by atoms with Crippen LogP contribution in [0.25, 0.3) is 0 Å². The first-order valence-corrected chi connectivity index (χ1v) is 7.57. The SMILES string of the molecule is O=C(COC(=O)CCC(=O)c1ccc(Br)cc1)NC1CC1. The molecule has 21 heavy (non-hydrogen) atoms. The molecule has 1 N–H and O–H groups in total. The zero-order valence-electron chi connectivity index (χ0n) is 11.4. The predicted octanol–water partition coefficient (Wildman–Crippen LogP) is 2.23. The zero-order chi connectivity index (χ0) is 15.2. The fraction of sp³-hybridized carbons (Fsp3) is 0.400. The van der Waals surface area contributed by atoms with Crippen LogP contribution >= 0.6 is 15.9 Å². The summed E-state index contributed by atoms with van der Waals surface area (Å²) in [6, 6.07) is 7.18. The van der Waals surface area contributed by atoms with Crippen molar-refractivity contribution in [3.8, 4) is 0 Å². The Morgan fingerprint density at radius 3 is 2.43 bits per heavy atom. The third kappa shape index (κ3) is 5.67. The number of ketones is 1. The van der Waals surface area contributed by atoms with Crippen LogP contribution in [0.5, 0.6) is 0 Å². The Labute approximate surface area is 131 Å². The maximum Gasteiger partial charge on any atom is 0.306 e. The van der Waals surface area contributed by atoms with Gasteiger partial charge in [0.15, 0.2) is 12.4 Å². The van der Waals surface area contributed by atoms with Gasteiger partial charge in [-0.3, -0.25) is 14.4 Å². The Kier molecular flexibility index (Phi) is 5.50. The Hall–Kier alpha value is -1.69. The maximum absolute atomic E-state index is 11.8. The van der Waals surface area contributed by atoms with Crippen LogP contribution in [0.2, 0.25) is 0 Å². The molecule has 2 rings (SSSR count). The smallest absolute Gasteiger partial charge is 0.306 e. The molecule has 1 saturated carbocycles. The summed E-state index contributed by atoms with van der Waals surface area (Å²) in [4.78, 5) is 34.7. The van der Waals surface area contributed by atoms with Gasteiger partial charge in [0.2, 0.25) is 0 Å². The van der Waals surface area contributed by atoms with Crippen molar-refractivity contribution in [1.29, 1.82) is 0 Å². The summed E-state index contributed by atoms with van der Waals surface area (Å²) in [5, 5.41) is 2.72. The fourth-order valence-electron chi connectivity index (χ4n) is 1.71. The van der Waals surface area contributed by atoms with Crippen LogP contribution in [-0.4, -0.2) is 30.3 Å². The van der Waals surface area contributed by atoms with Gasteiger partial charge in [-0.1, -0.05) is 28.1 Å². The van der Waals surface area contributed by atoms with Crippen molar-refractivity contribution in [2.24, 2.45) is 0 Å². The van der Waals surface area contributed by atoms with Gasteiger partial charge in [-0.05, 0) is 25.0 Å². The molecule has 1 aliphatic rings. The van der Waals surface area contributed by atoms with Gasteiger partial charge in [0, 0.05) is 22.5 Å². The molecular formula is C15H16BrNO4. The lowest BCUT2D eigenvalue weighted by atomic mass is 10.1. The summed E-state index contributed by atoms with van der Waals surface area (Å²) in [7, 11) is 0. The number of Topliss-reactive ketones (excluding diaryl/α,β-unsaturated/α-hetero) is 1. The summed E-state index contributed by atoms with van der Waals surface area (Å²) in [5.41, 5.74) is 0.553. The molecule has 0 bridgehead atoms. The number of amides is 1. The van der Waals surface area contributed by atoms with Crippen molar-refractivity contribution in [2.45, 2.75) is 31.7 Å². The van der Waals surface area contributed by atoms with Gasteiger partial charge in [-0.15, -0.1) is 0 Å². The zero-order valence-corrected chi connectivity index (χ0v) is 13.0. The maximum atomic E-state index is 11.8. The van der Waals surface area contributed by atoms with Gasteiger partial charge in [-0.2, -0.15) is 0 Å². The highest BCUT2D eigenvalue weighted by Crippen LogP contribution is 2.18. The average molecular weight is 354 g/mol. The van der Waals surface area contributed by atoms with E-state index in [0.717, 1.165) is 17.3 Å². The fourth-order valence-corrected chi connectivity index (χ4v) is 1.98. The van der Waals surface area contributed by atoms with E-state index in [1.807, 2.05) is 0 Å². The summed E-state index contributed by atoms with van der Waals surface area (Å²) in [6.45, 7) is -0.276. The quantitative estimate of drug-likeness (QED) is 0.602. The molecule has 1 fully saturated rings. The molecule has 1 aromatic carbocycles. The molecule has 1 aromatic rings. The minimum Gasteiger partial charge on any atom is -0.456 e. The number of halogens is 1. The molecule has 0 aliphatic heterocycles. The summed E-state index contributed by atoms with van der Waals surface area (Å²) in [6.07, 6.45) is 2.03. The molecule has 6 heteroatoms. The number of hydrogen-bond donors (Lipinski definition) is 1. The highest BCUT2D eigenvalue weighted by atomic mass is 79.9. The minimum atomic E-state index is -0.536. The molecule has 0 aromatic heterocycles. The molecule has 112 valence electrons. The van der Waals surface area contributed by atoms with Gasteiger partial charge >= 0.3 is 5.97 Å². The van der Waals surface area contributed by atoms with E-state index in [2.05, 4.69) is 21.2 Å². The normalized spacial score (nSPS) is 13.6. The van der Waals surface area contributed by atoms with Gasteiger partial charge in [-0.25, -0.2) is 0 Å². The molecule has 0 heterocycles. The van der Waals surface area contributed by atoms with Gasteiger partial charge in [0.1, 0.15) is 0 Å². The predicted molar refractivity (Wildman–Crippen MR) is 79.8 cm³/mol. The Morgan fingerprint density at radius 1 is 1.14 bits per heavy atom. The standard InChI is InChI=1S/C15H16BrNO4/c16-11-3-1-10(2-4-11)13(18)7-8-15(20)21-9-14(19)17-12-5-6-12/h1-4,12H,5-9H2,(H,17,19). The number of carbonyl (C=O) groups excluding carboxylic acids is 3. The lowest BCUT2D eigenvalue weighted by Gasteiger charge is -2.05. The molecule has 0 atom stereocenters. The molecule has 0 radical (unpaired) electrons. The van der Waals surface area contributed by atoms with Crippen molar-refractivity contribution in [2.75, 3.05) is 6.61 Å². The molecule has 5 nitrogen and oxygen atoms in total. The number of ether oxygens (including phenoxy) is 1. The second kappa shape index (κ2) is 7.36. The van der Waals surface area contributed by atoms with Crippen molar-refractivity contribution >= 4 is 33.6 Å². The highest BCUT2D eigenvalue weighted by Gasteiger charge is 2.23. The monoisotopic (exact) mass is 353 g/mol. The van der Waals surface area contributed by atoms with E-state index in [1.165, 1.54) is 0 Å². The van der Waals surface area contributed by atoms with E-state index in [0.29, 0.717) is 5.56 Å². The molecule has 1 aliphatic carbocycles. The van der Waals surface area contributed by atoms with Crippen LogP contribution in [0.3, 0.4) is 0 Å². The highest BCUT2D eigenvalue weighted by molar-refractivity contribution is 9.10. The molecular weight excluding hydrogens is 338 g/mol. The van der Waals surface area contributed by atoms with Gasteiger partial charge in [0.25, 0.3) is 5.91 Å². The second-order valence-corrected chi connectivity index (χ2v) is 5.85. The van der Waals surface area contributed by atoms with Crippen molar-refractivity contribution in [3.63, 3.8) is 0 Å². The number of rotatable bonds is 7. The number of benzene rings is 1. The number of nitrogens with one attached hydrogen (secondary N) is 1. The van der Waals surface area contributed by atoms with E-state index >= 15 is 0 Å². The van der Waals surface area contributed by atoms with Gasteiger partial charge in [0.05, 0.1) is 6.42 Å². The first kappa shape index (κ1) is 15.7. The molecule has 0 unspecified atom stereocenters. The number of hydrogen-bond acceptors (Lipinski definition) is 4. The first-order valence-electron chi connectivity index (χ1n) is 6.78. The largest absolute Gasteiger partial charge is 0.456 e. The number of carbonyl (C=O) groups is 3. The van der Waals surface area contributed by atoms with E-state index in [-0.39, 0.29) is 37.2 Å². The van der Waals surface area contributed by atoms with E-state index in [9.17, 15) is 14.4 Å². The van der Waals surface area contributed by atoms with Crippen molar-refractivity contribution in [1.82, 2.24) is 5.32 Å². The third-order valence-electron chi connectivity index (χ3n) is 3.03. The number of esters is 1. The van der Waals surface area contributed by atoms with Crippen LogP contribution < -0.4 is 5.32 Å². The summed E-state index contributed by atoms with van der Waals surface area (Å²) in [5.74, 6) is -0.946. The molecule has 0 spiro atoms. The Morgan fingerprint density at radius 2 is 1.81 bits per heavy atom. The lowest BCUT2D eigenvalue weighted by molar-refractivity contribution is -0.148. The molecule has 0 saturated heterocycles. The van der Waals surface area contributed by atoms with E-state index < -0.39 is 5.97 Å². The van der Waals surface area contributed by atoms with Crippen LogP contribution in [0.4, 0.5) is 0 Å². The third-order valence-corrected chi connectivity index (χ3v) is 3.56. The molecule has 1 amide bonds. The Balaban J connectivity index is 1.66. The summed E-state index contributed by atoms with van der Waals surface area (Å²) < 4.78 is 5.72. The van der Waals surface area contributed by atoms with E-state index in [1.54, 1.807) is 24.3 Å².